The van der Waals surface area contributed by atoms with Gasteiger partial charge < -0.3 is 5.32 Å². The van der Waals surface area contributed by atoms with Crippen molar-refractivity contribution in [3.05, 3.63) is 23.0 Å². The molecule has 2 rings (SSSR count). The molecular formula is C12H17ClN2. The summed E-state index contributed by atoms with van der Waals surface area (Å²) in [6.07, 6.45) is 8.34. The fourth-order valence-electron chi connectivity index (χ4n) is 2.12. The molecule has 0 aliphatic heterocycles. The zero-order valence-corrected chi connectivity index (χ0v) is 9.85. The van der Waals surface area contributed by atoms with Gasteiger partial charge in [-0.05, 0) is 31.4 Å². The van der Waals surface area contributed by atoms with Gasteiger partial charge in [-0.25, -0.2) is 4.98 Å². The van der Waals surface area contributed by atoms with E-state index in [9.17, 15) is 0 Å². The van der Waals surface area contributed by atoms with Gasteiger partial charge in [0.25, 0.3) is 0 Å². The first-order chi connectivity index (χ1) is 7.25. The number of hydrogen-bond donors (Lipinski definition) is 1. The number of hydrogen-bond acceptors (Lipinski definition) is 2. The van der Waals surface area contributed by atoms with Crippen LogP contribution in [0.1, 0.15) is 37.7 Å². The van der Waals surface area contributed by atoms with E-state index in [0.717, 1.165) is 11.3 Å². The highest BCUT2D eigenvalue weighted by Gasteiger charge is 2.14. The van der Waals surface area contributed by atoms with Crippen LogP contribution in [0.2, 0.25) is 5.15 Å². The normalized spacial score (nSPS) is 17.7. The summed E-state index contributed by atoms with van der Waals surface area (Å²) >= 11 is 6.04. The maximum Gasteiger partial charge on any atom is 0.152 e. The molecular weight excluding hydrogens is 208 g/mol. The van der Waals surface area contributed by atoms with E-state index in [1.165, 1.54) is 32.1 Å². The molecule has 0 saturated heterocycles. The van der Waals surface area contributed by atoms with Crippen molar-refractivity contribution in [3.8, 4) is 0 Å². The standard InChI is InChI=1S/C12H17ClN2/c1-9-7-11(12(13)14-8-9)15-10-5-3-2-4-6-10/h7-8,10,15H,2-6H2,1H3. The van der Waals surface area contributed by atoms with Crippen LogP contribution in [0.15, 0.2) is 12.3 Å². The van der Waals surface area contributed by atoms with E-state index in [2.05, 4.69) is 16.4 Å². The smallest absolute Gasteiger partial charge is 0.152 e. The molecule has 1 aliphatic carbocycles. The molecule has 1 aromatic heterocycles. The van der Waals surface area contributed by atoms with Crippen LogP contribution in [-0.2, 0) is 0 Å². The van der Waals surface area contributed by atoms with Crippen LogP contribution in [0, 0.1) is 6.92 Å². The number of anilines is 1. The van der Waals surface area contributed by atoms with E-state index in [1.54, 1.807) is 6.20 Å². The van der Waals surface area contributed by atoms with Gasteiger partial charge in [0.05, 0.1) is 5.69 Å². The molecule has 1 aromatic rings. The van der Waals surface area contributed by atoms with Gasteiger partial charge in [0, 0.05) is 12.2 Å². The summed E-state index contributed by atoms with van der Waals surface area (Å²) in [7, 11) is 0. The fraction of sp³-hybridized carbons (Fsp3) is 0.583. The number of nitrogens with one attached hydrogen (secondary N) is 1. The minimum Gasteiger partial charge on any atom is -0.380 e. The Balaban J connectivity index is 2.05. The Morgan fingerprint density at radius 1 is 1.33 bits per heavy atom. The summed E-state index contributed by atoms with van der Waals surface area (Å²) in [5.41, 5.74) is 2.14. The number of rotatable bonds is 2. The van der Waals surface area contributed by atoms with Crippen LogP contribution < -0.4 is 5.32 Å². The van der Waals surface area contributed by atoms with Crippen molar-refractivity contribution in [2.75, 3.05) is 5.32 Å². The predicted molar refractivity (Wildman–Crippen MR) is 64.5 cm³/mol. The Kier molecular flexibility index (Phi) is 3.47. The lowest BCUT2D eigenvalue weighted by molar-refractivity contribution is 0.462. The Hall–Kier alpha value is -0.760. The Morgan fingerprint density at radius 3 is 2.80 bits per heavy atom. The highest BCUT2D eigenvalue weighted by molar-refractivity contribution is 6.31. The average molecular weight is 225 g/mol. The maximum absolute atomic E-state index is 6.04. The van der Waals surface area contributed by atoms with Gasteiger partial charge in [-0.3, -0.25) is 0 Å². The fourth-order valence-corrected chi connectivity index (χ4v) is 2.28. The van der Waals surface area contributed by atoms with E-state index in [4.69, 9.17) is 11.6 Å². The lowest BCUT2D eigenvalue weighted by atomic mass is 9.95. The van der Waals surface area contributed by atoms with Crippen LogP contribution in [-0.4, -0.2) is 11.0 Å². The molecule has 3 heteroatoms. The van der Waals surface area contributed by atoms with Crippen molar-refractivity contribution >= 4 is 17.3 Å². The van der Waals surface area contributed by atoms with Crippen molar-refractivity contribution in [3.63, 3.8) is 0 Å². The summed E-state index contributed by atoms with van der Waals surface area (Å²) in [5.74, 6) is 0. The minimum absolute atomic E-state index is 0.583. The molecule has 1 aliphatic rings. The first-order valence-corrected chi connectivity index (χ1v) is 6.02. The van der Waals surface area contributed by atoms with E-state index in [0.29, 0.717) is 11.2 Å². The molecule has 0 radical (unpaired) electrons. The zero-order valence-electron chi connectivity index (χ0n) is 9.09. The van der Waals surface area contributed by atoms with Gasteiger partial charge in [-0.1, -0.05) is 30.9 Å². The van der Waals surface area contributed by atoms with Crippen LogP contribution in [0.4, 0.5) is 5.69 Å². The lowest BCUT2D eigenvalue weighted by Gasteiger charge is -2.24. The van der Waals surface area contributed by atoms with Crippen molar-refractivity contribution in [2.45, 2.75) is 45.1 Å². The summed E-state index contributed by atoms with van der Waals surface area (Å²) < 4.78 is 0. The van der Waals surface area contributed by atoms with E-state index < -0.39 is 0 Å². The molecule has 1 N–H and O–H groups in total. The number of pyridine rings is 1. The summed E-state index contributed by atoms with van der Waals surface area (Å²) in [6, 6.07) is 2.66. The van der Waals surface area contributed by atoms with Gasteiger partial charge in [-0.15, -0.1) is 0 Å². The predicted octanol–water partition coefficient (Wildman–Crippen LogP) is 3.79. The second kappa shape index (κ2) is 4.84. The van der Waals surface area contributed by atoms with E-state index in [1.807, 2.05) is 6.92 Å². The van der Waals surface area contributed by atoms with Gasteiger partial charge >= 0.3 is 0 Å². The van der Waals surface area contributed by atoms with E-state index >= 15 is 0 Å². The molecule has 2 nitrogen and oxygen atoms in total. The Labute approximate surface area is 96.1 Å². The summed E-state index contributed by atoms with van der Waals surface area (Å²) in [4.78, 5) is 4.15. The van der Waals surface area contributed by atoms with Crippen LogP contribution in [0.3, 0.4) is 0 Å². The van der Waals surface area contributed by atoms with Crippen LogP contribution in [0.25, 0.3) is 0 Å². The third kappa shape index (κ3) is 2.85. The Bertz CT molecular complexity index is 332. The third-order valence-electron chi connectivity index (χ3n) is 2.94. The van der Waals surface area contributed by atoms with Gasteiger partial charge in [0.15, 0.2) is 5.15 Å². The lowest BCUT2D eigenvalue weighted by Crippen LogP contribution is -2.22. The molecule has 0 spiro atoms. The first kappa shape index (κ1) is 10.7. The topological polar surface area (TPSA) is 24.9 Å². The number of halogens is 1. The van der Waals surface area contributed by atoms with Crippen molar-refractivity contribution < 1.29 is 0 Å². The molecule has 0 unspecified atom stereocenters. The minimum atomic E-state index is 0.583. The molecule has 82 valence electrons. The average Bonchev–Trinajstić information content (AvgIpc) is 2.25. The van der Waals surface area contributed by atoms with Crippen LogP contribution >= 0.6 is 11.6 Å². The van der Waals surface area contributed by atoms with Crippen molar-refractivity contribution in [1.29, 1.82) is 0 Å². The van der Waals surface area contributed by atoms with Crippen molar-refractivity contribution in [2.24, 2.45) is 0 Å². The number of aromatic nitrogens is 1. The van der Waals surface area contributed by atoms with E-state index in [-0.39, 0.29) is 0 Å². The SMILES string of the molecule is Cc1cnc(Cl)c(NC2CCCCC2)c1. The zero-order chi connectivity index (χ0) is 10.7. The second-order valence-electron chi connectivity index (χ2n) is 4.33. The van der Waals surface area contributed by atoms with Crippen molar-refractivity contribution in [1.82, 2.24) is 4.98 Å². The summed E-state index contributed by atoms with van der Waals surface area (Å²) in [5, 5.41) is 4.08. The number of nitrogens with zero attached hydrogens (tertiary/aromatic N) is 1. The molecule has 1 heterocycles. The Morgan fingerprint density at radius 2 is 2.07 bits per heavy atom. The molecule has 1 fully saturated rings. The molecule has 0 atom stereocenters. The quantitative estimate of drug-likeness (QED) is 0.774. The number of aryl methyl sites for hydroxylation is 1. The van der Waals surface area contributed by atoms with Gasteiger partial charge in [0.1, 0.15) is 0 Å². The van der Waals surface area contributed by atoms with Gasteiger partial charge in [-0.2, -0.15) is 0 Å². The third-order valence-corrected chi connectivity index (χ3v) is 3.24. The second-order valence-corrected chi connectivity index (χ2v) is 4.69. The summed E-state index contributed by atoms with van der Waals surface area (Å²) in [6.45, 7) is 2.04. The highest BCUT2D eigenvalue weighted by Crippen LogP contribution is 2.25. The maximum atomic E-state index is 6.04. The molecule has 1 saturated carbocycles. The molecule has 0 bridgehead atoms. The van der Waals surface area contributed by atoms with Gasteiger partial charge in [0.2, 0.25) is 0 Å². The largest absolute Gasteiger partial charge is 0.380 e. The van der Waals surface area contributed by atoms with Crippen LogP contribution in [0.5, 0.6) is 0 Å². The molecule has 0 amide bonds. The molecule has 15 heavy (non-hydrogen) atoms. The monoisotopic (exact) mass is 224 g/mol. The first-order valence-electron chi connectivity index (χ1n) is 5.64. The highest BCUT2D eigenvalue weighted by atomic mass is 35.5. The molecule has 0 aromatic carbocycles.